The highest BCUT2D eigenvalue weighted by Crippen LogP contribution is 2.35. The van der Waals surface area contributed by atoms with Gasteiger partial charge in [-0.15, -0.1) is 10.2 Å². The summed E-state index contributed by atoms with van der Waals surface area (Å²) in [5.74, 6) is 2.66. The molecule has 2 aromatic rings. The number of fused-ring (bicyclic) bond motifs is 1. The maximum Gasteiger partial charge on any atom is 0.277 e. The van der Waals surface area contributed by atoms with E-state index in [1.54, 1.807) is 6.07 Å². The van der Waals surface area contributed by atoms with Crippen LogP contribution in [-0.4, -0.2) is 34.7 Å². The van der Waals surface area contributed by atoms with Crippen molar-refractivity contribution in [2.24, 2.45) is 5.92 Å². The number of ether oxygens (including phenoxy) is 2. The van der Waals surface area contributed by atoms with Crippen LogP contribution in [0, 0.1) is 5.92 Å². The van der Waals surface area contributed by atoms with E-state index in [4.69, 9.17) is 13.9 Å². The second kappa shape index (κ2) is 9.12. The largest absolute Gasteiger partial charge is 0.454 e. The van der Waals surface area contributed by atoms with Crippen LogP contribution < -0.4 is 14.8 Å². The maximum absolute atomic E-state index is 12.1. The normalized spacial score (nSPS) is 13.8. The third kappa shape index (κ3) is 5.63. The average Bonchev–Trinajstić information content (AvgIpc) is 3.28. The van der Waals surface area contributed by atoms with E-state index < -0.39 is 0 Å². The SMILES string of the molecule is CC(C)CCC[C@H](C)NC(=O)CSc1nnc(-c2ccc3c(c2)OCO3)o1. The first-order valence-corrected chi connectivity index (χ1v) is 10.2. The number of rotatable bonds is 9. The van der Waals surface area contributed by atoms with Gasteiger partial charge in [0.25, 0.3) is 5.22 Å². The Balaban J connectivity index is 1.46. The Labute approximate surface area is 163 Å². The Morgan fingerprint density at radius 3 is 2.81 bits per heavy atom. The van der Waals surface area contributed by atoms with Gasteiger partial charge in [0, 0.05) is 11.6 Å². The molecule has 0 aliphatic carbocycles. The van der Waals surface area contributed by atoms with Gasteiger partial charge >= 0.3 is 0 Å². The number of benzene rings is 1. The first-order valence-electron chi connectivity index (χ1n) is 9.17. The summed E-state index contributed by atoms with van der Waals surface area (Å²) in [5, 5.41) is 11.4. The van der Waals surface area contributed by atoms with Crippen LogP contribution in [0.25, 0.3) is 11.5 Å². The molecule has 2 heterocycles. The maximum atomic E-state index is 12.1. The van der Waals surface area contributed by atoms with Crippen LogP contribution in [0.3, 0.4) is 0 Å². The van der Waals surface area contributed by atoms with Crippen molar-refractivity contribution in [1.29, 1.82) is 0 Å². The smallest absolute Gasteiger partial charge is 0.277 e. The number of carbonyl (C=O) groups excluding carboxylic acids is 1. The van der Waals surface area contributed by atoms with E-state index >= 15 is 0 Å². The summed E-state index contributed by atoms with van der Waals surface area (Å²) < 4.78 is 16.3. The molecule has 1 N–H and O–H groups in total. The lowest BCUT2D eigenvalue weighted by Gasteiger charge is -2.14. The highest BCUT2D eigenvalue weighted by Gasteiger charge is 2.17. The number of nitrogens with zero attached hydrogens (tertiary/aromatic N) is 2. The van der Waals surface area contributed by atoms with Crippen LogP contribution >= 0.6 is 11.8 Å². The van der Waals surface area contributed by atoms with Gasteiger partial charge in [-0.25, -0.2) is 0 Å². The Kier molecular flexibility index (Phi) is 6.60. The zero-order valence-electron chi connectivity index (χ0n) is 15.9. The third-order valence-corrected chi connectivity index (χ3v) is 5.00. The lowest BCUT2D eigenvalue weighted by atomic mass is 10.0. The van der Waals surface area contributed by atoms with E-state index in [9.17, 15) is 4.79 Å². The molecule has 0 bridgehead atoms. The van der Waals surface area contributed by atoms with Crippen molar-refractivity contribution in [2.75, 3.05) is 12.5 Å². The molecule has 3 rings (SSSR count). The van der Waals surface area contributed by atoms with Gasteiger partial charge < -0.3 is 19.2 Å². The molecule has 0 saturated carbocycles. The van der Waals surface area contributed by atoms with Gasteiger partial charge in [-0.1, -0.05) is 38.5 Å². The predicted octanol–water partition coefficient (Wildman–Crippen LogP) is 3.89. The topological polar surface area (TPSA) is 86.5 Å². The van der Waals surface area contributed by atoms with Gasteiger partial charge in [-0.3, -0.25) is 4.79 Å². The lowest BCUT2D eigenvalue weighted by molar-refractivity contribution is -0.119. The Morgan fingerprint density at radius 2 is 2.00 bits per heavy atom. The van der Waals surface area contributed by atoms with E-state index in [-0.39, 0.29) is 24.5 Å². The average molecular weight is 391 g/mol. The molecule has 146 valence electrons. The van der Waals surface area contributed by atoms with Crippen LogP contribution in [0.2, 0.25) is 0 Å². The van der Waals surface area contributed by atoms with Crippen molar-refractivity contribution in [3.05, 3.63) is 18.2 Å². The molecule has 8 heteroatoms. The minimum atomic E-state index is -0.0279. The van der Waals surface area contributed by atoms with E-state index in [0.29, 0.717) is 28.5 Å². The van der Waals surface area contributed by atoms with Crippen LogP contribution in [0.1, 0.15) is 40.0 Å². The monoisotopic (exact) mass is 391 g/mol. The summed E-state index contributed by atoms with van der Waals surface area (Å²) in [5.41, 5.74) is 0.752. The fourth-order valence-corrected chi connectivity index (χ4v) is 3.34. The molecule has 1 atom stereocenters. The molecule has 0 saturated heterocycles. The van der Waals surface area contributed by atoms with Crippen molar-refractivity contribution in [3.63, 3.8) is 0 Å². The second-order valence-electron chi connectivity index (χ2n) is 7.02. The molecule has 1 aliphatic heterocycles. The minimum Gasteiger partial charge on any atom is -0.454 e. The fourth-order valence-electron chi connectivity index (χ4n) is 2.76. The first-order chi connectivity index (χ1) is 13.0. The zero-order chi connectivity index (χ0) is 19.2. The number of nitrogens with one attached hydrogen (secondary N) is 1. The number of hydrogen-bond acceptors (Lipinski definition) is 7. The molecule has 0 spiro atoms. The van der Waals surface area contributed by atoms with Crippen LogP contribution in [0.5, 0.6) is 11.5 Å². The number of hydrogen-bond donors (Lipinski definition) is 1. The van der Waals surface area contributed by atoms with Crippen molar-refractivity contribution in [3.8, 4) is 23.0 Å². The number of aromatic nitrogens is 2. The van der Waals surface area contributed by atoms with Crippen molar-refractivity contribution < 1.29 is 18.7 Å². The highest BCUT2D eigenvalue weighted by atomic mass is 32.2. The Hall–Kier alpha value is -2.22. The fraction of sp³-hybridized carbons (Fsp3) is 0.526. The predicted molar refractivity (Wildman–Crippen MR) is 103 cm³/mol. The molecule has 0 radical (unpaired) electrons. The number of carbonyl (C=O) groups is 1. The van der Waals surface area contributed by atoms with Gasteiger partial charge in [0.2, 0.25) is 18.6 Å². The quantitative estimate of drug-likeness (QED) is 0.649. The summed E-state index contributed by atoms with van der Waals surface area (Å²) in [7, 11) is 0. The zero-order valence-corrected chi connectivity index (χ0v) is 16.7. The molecular formula is C19H25N3O4S. The van der Waals surface area contributed by atoms with Crippen LogP contribution in [0.4, 0.5) is 0 Å². The Morgan fingerprint density at radius 1 is 1.19 bits per heavy atom. The van der Waals surface area contributed by atoms with Crippen molar-refractivity contribution in [2.45, 2.75) is 51.3 Å². The molecule has 1 aliphatic rings. The van der Waals surface area contributed by atoms with Crippen molar-refractivity contribution in [1.82, 2.24) is 15.5 Å². The molecule has 1 aromatic heterocycles. The number of amides is 1. The molecule has 27 heavy (non-hydrogen) atoms. The molecule has 1 amide bonds. The number of thioether (sulfide) groups is 1. The van der Waals surface area contributed by atoms with Gasteiger partial charge in [0.05, 0.1) is 5.75 Å². The van der Waals surface area contributed by atoms with Crippen LogP contribution in [-0.2, 0) is 4.79 Å². The van der Waals surface area contributed by atoms with Gasteiger partial charge in [-0.05, 0) is 37.5 Å². The molecule has 7 nitrogen and oxygen atoms in total. The summed E-state index contributed by atoms with van der Waals surface area (Å²) >= 11 is 1.23. The van der Waals surface area contributed by atoms with E-state index in [2.05, 4.69) is 29.4 Å². The molecule has 1 aromatic carbocycles. The standard InChI is InChI=1S/C19H25N3O4S/c1-12(2)5-4-6-13(3)20-17(23)10-27-19-22-21-18(26-19)14-7-8-15-16(9-14)25-11-24-15/h7-9,12-13H,4-6,10-11H2,1-3H3,(H,20,23)/t13-/m0/s1. The lowest BCUT2D eigenvalue weighted by Crippen LogP contribution is -2.33. The third-order valence-electron chi connectivity index (χ3n) is 4.18. The molecule has 0 fully saturated rings. The molecular weight excluding hydrogens is 366 g/mol. The summed E-state index contributed by atoms with van der Waals surface area (Å²) in [4.78, 5) is 12.1. The minimum absolute atomic E-state index is 0.0279. The highest BCUT2D eigenvalue weighted by molar-refractivity contribution is 7.99. The van der Waals surface area contributed by atoms with Gasteiger partial charge in [-0.2, -0.15) is 0 Å². The second-order valence-corrected chi connectivity index (χ2v) is 7.95. The van der Waals surface area contributed by atoms with Crippen molar-refractivity contribution >= 4 is 17.7 Å². The van der Waals surface area contributed by atoms with E-state index in [1.807, 2.05) is 19.1 Å². The van der Waals surface area contributed by atoms with E-state index in [1.165, 1.54) is 18.2 Å². The van der Waals surface area contributed by atoms with Gasteiger partial charge in [0.15, 0.2) is 11.5 Å². The Bertz CT molecular complexity index is 778. The van der Waals surface area contributed by atoms with E-state index in [0.717, 1.165) is 18.4 Å². The van der Waals surface area contributed by atoms with Gasteiger partial charge in [0.1, 0.15) is 0 Å². The van der Waals surface area contributed by atoms with Crippen LogP contribution in [0.15, 0.2) is 27.8 Å². The summed E-state index contributed by atoms with van der Waals surface area (Å²) in [6, 6.07) is 5.61. The first kappa shape index (κ1) is 19.5. The summed E-state index contributed by atoms with van der Waals surface area (Å²) in [6.07, 6.45) is 3.29. The molecule has 0 unspecified atom stereocenters. The summed E-state index contributed by atoms with van der Waals surface area (Å²) in [6.45, 7) is 6.67.